The van der Waals surface area contributed by atoms with Crippen molar-refractivity contribution in [3.05, 3.63) is 29.6 Å². The third kappa shape index (κ3) is 4.06. The highest BCUT2D eigenvalue weighted by Gasteiger charge is 2.09. The number of urea groups is 1. The van der Waals surface area contributed by atoms with Crippen molar-refractivity contribution < 1.29 is 9.18 Å². The number of amides is 2. The zero-order valence-electron chi connectivity index (χ0n) is 10.5. The number of carbonyl (C=O) groups is 1. The van der Waals surface area contributed by atoms with Gasteiger partial charge in [0.1, 0.15) is 5.82 Å². The molecule has 4 heteroatoms. The summed E-state index contributed by atoms with van der Waals surface area (Å²) in [6.07, 6.45) is 1.76. The van der Waals surface area contributed by atoms with Gasteiger partial charge in [0.15, 0.2) is 0 Å². The lowest BCUT2D eigenvalue weighted by molar-refractivity contribution is 0.247. The molecule has 1 aromatic rings. The van der Waals surface area contributed by atoms with Gasteiger partial charge in [-0.05, 0) is 37.5 Å². The molecule has 0 saturated carbocycles. The first-order valence-corrected chi connectivity index (χ1v) is 5.90. The molecule has 0 unspecified atom stereocenters. The first-order chi connectivity index (χ1) is 8.06. The molecule has 1 rings (SSSR count). The maximum Gasteiger partial charge on any atom is 0.319 e. The second-order valence-corrected chi connectivity index (χ2v) is 4.07. The lowest BCUT2D eigenvalue weighted by atomic mass is 10.2. The fourth-order valence-corrected chi connectivity index (χ4v) is 1.57. The van der Waals surface area contributed by atoms with Gasteiger partial charge in [0.2, 0.25) is 0 Å². The molecule has 2 N–H and O–H groups in total. The summed E-state index contributed by atoms with van der Waals surface area (Å²) in [7, 11) is 0. The SMILES string of the molecule is CCC(CC)NC(=O)Nc1cc(F)ccc1C. The Morgan fingerprint density at radius 2 is 2.00 bits per heavy atom. The van der Waals surface area contributed by atoms with Crippen molar-refractivity contribution in [2.75, 3.05) is 5.32 Å². The number of carbonyl (C=O) groups excluding carboxylic acids is 1. The highest BCUT2D eigenvalue weighted by Crippen LogP contribution is 2.15. The van der Waals surface area contributed by atoms with E-state index in [1.807, 2.05) is 20.8 Å². The second kappa shape index (κ2) is 6.23. The number of nitrogens with one attached hydrogen (secondary N) is 2. The van der Waals surface area contributed by atoms with E-state index in [0.29, 0.717) is 5.69 Å². The Hall–Kier alpha value is -1.58. The van der Waals surface area contributed by atoms with Crippen molar-refractivity contribution in [1.29, 1.82) is 0 Å². The first kappa shape index (κ1) is 13.5. The molecule has 17 heavy (non-hydrogen) atoms. The molecule has 0 radical (unpaired) electrons. The standard InChI is InChI=1S/C13H19FN2O/c1-4-11(5-2)15-13(17)16-12-8-10(14)7-6-9(12)3/h6-8,11H,4-5H2,1-3H3,(H2,15,16,17). The highest BCUT2D eigenvalue weighted by molar-refractivity contribution is 5.90. The molecule has 0 atom stereocenters. The van der Waals surface area contributed by atoms with Crippen molar-refractivity contribution in [3.63, 3.8) is 0 Å². The van der Waals surface area contributed by atoms with E-state index in [1.165, 1.54) is 12.1 Å². The van der Waals surface area contributed by atoms with Crippen molar-refractivity contribution >= 4 is 11.7 Å². The maximum absolute atomic E-state index is 13.0. The summed E-state index contributed by atoms with van der Waals surface area (Å²) in [5, 5.41) is 5.50. The van der Waals surface area contributed by atoms with Crippen molar-refractivity contribution in [2.24, 2.45) is 0 Å². The number of aryl methyl sites for hydroxylation is 1. The van der Waals surface area contributed by atoms with Crippen LogP contribution in [-0.2, 0) is 0 Å². The quantitative estimate of drug-likeness (QED) is 0.828. The van der Waals surface area contributed by atoms with E-state index >= 15 is 0 Å². The molecule has 2 amide bonds. The lowest BCUT2D eigenvalue weighted by Crippen LogP contribution is -2.37. The van der Waals surface area contributed by atoms with Crippen LogP contribution < -0.4 is 10.6 Å². The summed E-state index contributed by atoms with van der Waals surface area (Å²) >= 11 is 0. The number of anilines is 1. The Balaban J connectivity index is 2.64. The number of rotatable bonds is 4. The van der Waals surface area contributed by atoms with Crippen LogP contribution in [0.15, 0.2) is 18.2 Å². The Morgan fingerprint density at radius 3 is 2.59 bits per heavy atom. The van der Waals surface area contributed by atoms with E-state index in [1.54, 1.807) is 6.07 Å². The minimum Gasteiger partial charge on any atom is -0.335 e. The largest absolute Gasteiger partial charge is 0.335 e. The molecule has 94 valence electrons. The van der Waals surface area contributed by atoms with Crippen molar-refractivity contribution in [1.82, 2.24) is 5.32 Å². The van der Waals surface area contributed by atoms with Crippen LogP contribution in [0.3, 0.4) is 0 Å². The Labute approximate surface area is 101 Å². The normalized spacial score (nSPS) is 10.4. The third-order valence-corrected chi connectivity index (χ3v) is 2.77. The molecule has 1 aromatic carbocycles. The van der Waals surface area contributed by atoms with Crippen LogP contribution in [0.2, 0.25) is 0 Å². The van der Waals surface area contributed by atoms with Gasteiger partial charge >= 0.3 is 6.03 Å². The van der Waals surface area contributed by atoms with E-state index in [2.05, 4.69) is 10.6 Å². The maximum atomic E-state index is 13.0. The zero-order chi connectivity index (χ0) is 12.8. The molecule has 0 spiro atoms. The second-order valence-electron chi connectivity index (χ2n) is 4.07. The molecular weight excluding hydrogens is 219 g/mol. The molecule has 0 aliphatic heterocycles. The molecule has 0 fully saturated rings. The predicted molar refractivity (Wildman–Crippen MR) is 67.7 cm³/mol. The van der Waals surface area contributed by atoms with E-state index in [0.717, 1.165) is 18.4 Å². The molecule has 0 saturated heterocycles. The molecular formula is C13H19FN2O. The number of benzene rings is 1. The monoisotopic (exact) mass is 238 g/mol. The molecule has 0 heterocycles. The summed E-state index contributed by atoms with van der Waals surface area (Å²) in [5.41, 5.74) is 1.35. The van der Waals surface area contributed by atoms with E-state index in [9.17, 15) is 9.18 Å². The lowest BCUT2D eigenvalue weighted by Gasteiger charge is -2.16. The van der Waals surface area contributed by atoms with Gasteiger partial charge in [-0.3, -0.25) is 0 Å². The average molecular weight is 238 g/mol. The topological polar surface area (TPSA) is 41.1 Å². The third-order valence-electron chi connectivity index (χ3n) is 2.77. The van der Waals surface area contributed by atoms with Gasteiger partial charge in [-0.15, -0.1) is 0 Å². The first-order valence-electron chi connectivity index (χ1n) is 5.90. The summed E-state index contributed by atoms with van der Waals surface area (Å²) in [4.78, 5) is 11.7. The van der Waals surface area contributed by atoms with Crippen molar-refractivity contribution in [2.45, 2.75) is 39.7 Å². The van der Waals surface area contributed by atoms with Crippen LogP contribution >= 0.6 is 0 Å². The summed E-state index contributed by atoms with van der Waals surface area (Å²) in [6.45, 7) is 5.86. The van der Waals surface area contributed by atoms with Gasteiger partial charge < -0.3 is 10.6 Å². The van der Waals surface area contributed by atoms with Gasteiger partial charge in [0.05, 0.1) is 0 Å². The van der Waals surface area contributed by atoms with Crippen LogP contribution in [0, 0.1) is 12.7 Å². The Morgan fingerprint density at radius 1 is 1.35 bits per heavy atom. The van der Waals surface area contributed by atoms with Gasteiger partial charge in [0.25, 0.3) is 0 Å². The molecule has 0 aromatic heterocycles. The predicted octanol–water partition coefficient (Wildman–Crippen LogP) is 3.44. The molecule has 3 nitrogen and oxygen atoms in total. The fraction of sp³-hybridized carbons (Fsp3) is 0.462. The van der Waals surface area contributed by atoms with E-state index in [-0.39, 0.29) is 17.9 Å². The van der Waals surface area contributed by atoms with E-state index < -0.39 is 0 Å². The minimum absolute atomic E-state index is 0.156. The molecule has 0 aliphatic rings. The summed E-state index contributed by atoms with van der Waals surface area (Å²) in [5.74, 6) is -0.353. The van der Waals surface area contributed by atoms with Crippen LogP contribution in [0.1, 0.15) is 32.3 Å². The minimum atomic E-state index is -0.353. The van der Waals surface area contributed by atoms with Crippen LogP contribution in [0.4, 0.5) is 14.9 Å². The van der Waals surface area contributed by atoms with Gasteiger partial charge in [0, 0.05) is 11.7 Å². The fourth-order valence-electron chi connectivity index (χ4n) is 1.57. The van der Waals surface area contributed by atoms with Crippen LogP contribution in [0.25, 0.3) is 0 Å². The van der Waals surface area contributed by atoms with Gasteiger partial charge in [-0.2, -0.15) is 0 Å². The summed E-state index contributed by atoms with van der Waals surface area (Å²) in [6, 6.07) is 4.21. The smallest absolute Gasteiger partial charge is 0.319 e. The van der Waals surface area contributed by atoms with Crippen LogP contribution in [0.5, 0.6) is 0 Å². The highest BCUT2D eigenvalue weighted by atomic mass is 19.1. The number of hydrogen-bond acceptors (Lipinski definition) is 1. The zero-order valence-corrected chi connectivity index (χ0v) is 10.5. The molecule has 0 bridgehead atoms. The summed E-state index contributed by atoms with van der Waals surface area (Å²) < 4.78 is 13.0. The van der Waals surface area contributed by atoms with E-state index in [4.69, 9.17) is 0 Å². The van der Waals surface area contributed by atoms with Gasteiger partial charge in [-0.25, -0.2) is 9.18 Å². The Bertz CT molecular complexity index is 389. The Kier molecular flexibility index (Phi) is 4.94. The average Bonchev–Trinajstić information content (AvgIpc) is 2.31. The molecule has 0 aliphatic carbocycles. The van der Waals surface area contributed by atoms with Crippen LogP contribution in [-0.4, -0.2) is 12.1 Å². The number of hydrogen-bond donors (Lipinski definition) is 2. The van der Waals surface area contributed by atoms with Gasteiger partial charge in [-0.1, -0.05) is 19.9 Å². The number of halogens is 1. The van der Waals surface area contributed by atoms with Crippen molar-refractivity contribution in [3.8, 4) is 0 Å².